The molecule has 0 fully saturated rings. The van der Waals surface area contributed by atoms with Crippen molar-refractivity contribution >= 4 is 5.97 Å². The van der Waals surface area contributed by atoms with Crippen LogP contribution >= 0.6 is 0 Å². The standard InChI is InChI=1S/C16H36N.C7H12O2/c1-5-9-13-17(14-10-6-2,15-11-7-3)16-12-8-4;1-5-6(8)9-7(2,3)4/h5-16H2,1-4H3;5H,1H2,2-4H3/q+1;. The minimum atomic E-state index is -0.398. The van der Waals surface area contributed by atoms with Gasteiger partial charge in [0.1, 0.15) is 5.60 Å². The van der Waals surface area contributed by atoms with E-state index in [1.165, 1.54) is 82.0 Å². The summed E-state index contributed by atoms with van der Waals surface area (Å²) in [6.45, 7) is 23.7. The molecule has 0 aromatic rings. The van der Waals surface area contributed by atoms with Crippen LogP contribution in [0.1, 0.15) is 99.8 Å². The average Bonchev–Trinajstić information content (AvgIpc) is 2.59. The molecule has 0 N–H and O–H groups in total. The second kappa shape index (κ2) is 16.4. The Hall–Kier alpha value is -0.830. The van der Waals surface area contributed by atoms with Crippen molar-refractivity contribution in [3.05, 3.63) is 12.7 Å². The van der Waals surface area contributed by atoms with E-state index in [9.17, 15) is 4.79 Å². The van der Waals surface area contributed by atoms with Crippen molar-refractivity contribution in [2.75, 3.05) is 26.2 Å². The van der Waals surface area contributed by atoms with Gasteiger partial charge in [-0.1, -0.05) is 60.0 Å². The van der Waals surface area contributed by atoms with Crippen molar-refractivity contribution in [3.8, 4) is 0 Å². The number of rotatable bonds is 13. The second-order valence-corrected chi connectivity index (χ2v) is 8.39. The molecule has 0 aromatic carbocycles. The number of esters is 1. The third-order valence-electron chi connectivity index (χ3n) is 4.52. The van der Waals surface area contributed by atoms with Crippen LogP contribution in [-0.2, 0) is 9.53 Å². The number of hydrogen-bond donors (Lipinski definition) is 0. The molecule has 0 bridgehead atoms. The average molecular weight is 371 g/mol. The fourth-order valence-corrected chi connectivity index (χ4v) is 2.99. The molecule has 0 aliphatic rings. The van der Waals surface area contributed by atoms with Crippen molar-refractivity contribution in [2.45, 2.75) is 105 Å². The zero-order valence-electron chi connectivity index (χ0n) is 19.0. The predicted molar refractivity (Wildman–Crippen MR) is 115 cm³/mol. The molecule has 0 heterocycles. The van der Waals surface area contributed by atoms with Crippen LogP contribution < -0.4 is 0 Å². The summed E-state index contributed by atoms with van der Waals surface area (Å²) in [5, 5.41) is 0. The van der Waals surface area contributed by atoms with Gasteiger partial charge in [0.25, 0.3) is 0 Å². The van der Waals surface area contributed by atoms with Gasteiger partial charge in [-0.3, -0.25) is 0 Å². The van der Waals surface area contributed by atoms with E-state index in [1.54, 1.807) is 0 Å². The number of carbonyl (C=O) groups excluding carboxylic acids is 1. The highest BCUT2D eigenvalue weighted by Gasteiger charge is 2.24. The quantitative estimate of drug-likeness (QED) is 0.210. The number of nitrogens with zero attached hydrogens (tertiary/aromatic N) is 1. The smallest absolute Gasteiger partial charge is 0.330 e. The lowest BCUT2D eigenvalue weighted by Gasteiger charge is -2.39. The Labute approximate surface area is 164 Å². The molecule has 3 heteroatoms. The molecule has 0 atom stereocenters. The molecule has 0 saturated carbocycles. The molecule has 0 radical (unpaired) electrons. The molecular weight excluding hydrogens is 322 g/mol. The van der Waals surface area contributed by atoms with Gasteiger partial charge in [0.15, 0.2) is 0 Å². The van der Waals surface area contributed by atoms with E-state index in [1.807, 2.05) is 20.8 Å². The van der Waals surface area contributed by atoms with Crippen LogP contribution in [0, 0.1) is 0 Å². The van der Waals surface area contributed by atoms with Crippen molar-refractivity contribution in [1.29, 1.82) is 0 Å². The van der Waals surface area contributed by atoms with Gasteiger partial charge in [-0.2, -0.15) is 0 Å². The second-order valence-electron chi connectivity index (χ2n) is 8.39. The highest BCUT2D eigenvalue weighted by Crippen LogP contribution is 2.16. The van der Waals surface area contributed by atoms with Crippen LogP contribution in [0.15, 0.2) is 12.7 Å². The van der Waals surface area contributed by atoms with Crippen LogP contribution in [0.5, 0.6) is 0 Å². The first kappa shape index (κ1) is 27.4. The Morgan fingerprint density at radius 2 is 1.12 bits per heavy atom. The van der Waals surface area contributed by atoms with Gasteiger partial charge in [-0.25, -0.2) is 4.79 Å². The Kier molecular flexibility index (Phi) is 17.2. The van der Waals surface area contributed by atoms with Gasteiger partial charge in [-0.15, -0.1) is 0 Å². The Morgan fingerprint density at radius 3 is 1.27 bits per heavy atom. The van der Waals surface area contributed by atoms with Crippen LogP contribution in [0.3, 0.4) is 0 Å². The summed E-state index contributed by atoms with van der Waals surface area (Å²) in [6, 6.07) is 0. The van der Waals surface area contributed by atoms with Gasteiger partial charge in [0.05, 0.1) is 26.2 Å². The monoisotopic (exact) mass is 370 g/mol. The Balaban J connectivity index is 0. The van der Waals surface area contributed by atoms with Gasteiger partial charge in [-0.05, 0) is 46.5 Å². The number of quaternary nitrogens is 1. The molecule has 26 heavy (non-hydrogen) atoms. The van der Waals surface area contributed by atoms with Crippen molar-refractivity contribution in [3.63, 3.8) is 0 Å². The molecule has 0 amide bonds. The number of unbranched alkanes of at least 4 members (excludes halogenated alkanes) is 4. The van der Waals surface area contributed by atoms with E-state index >= 15 is 0 Å². The molecule has 0 saturated heterocycles. The first-order valence-corrected chi connectivity index (χ1v) is 10.9. The fourth-order valence-electron chi connectivity index (χ4n) is 2.99. The van der Waals surface area contributed by atoms with E-state index < -0.39 is 5.60 Å². The number of carbonyl (C=O) groups is 1. The molecule has 0 rings (SSSR count). The maximum Gasteiger partial charge on any atom is 0.330 e. The van der Waals surface area contributed by atoms with E-state index in [4.69, 9.17) is 4.74 Å². The number of ether oxygens (including phenoxy) is 1. The highest BCUT2D eigenvalue weighted by molar-refractivity contribution is 5.81. The molecule has 0 aliphatic heterocycles. The topological polar surface area (TPSA) is 26.3 Å². The largest absolute Gasteiger partial charge is 0.457 e. The molecule has 0 unspecified atom stereocenters. The zero-order valence-corrected chi connectivity index (χ0v) is 19.0. The summed E-state index contributed by atoms with van der Waals surface area (Å²) in [5.41, 5.74) is -0.398. The Morgan fingerprint density at radius 1 is 0.808 bits per heavy atom. The fraction of sp³-hybridized carbons (Fsp3) is 0.870. The van der Waals surface area contributed by atoms with E-state index in [2.05, 4.69) is 34.3 Å². The number of hydrogen-bond acceptors (Lipinski definition) is 2. The Bertz CT molecular complexity index is 307. The molecule has 156 valence electrons. The van der Waals surface area contributed by atoms with Gasteiger partial charge < -0.3 is 9.22 Å². The molecule has 0 spiro atoms. The van der Waals surface area contributed by atoms with Crippen LogP contribution in [0.25, 0.3) is 0 Å². The lowest BCUT2D eigenvalue weighted by Crippen LogP contribution is -2.50. The third-order valence-corrected chi connectivity index (χ3v) is 4.52. The summed E-state index contributed by atoms with van der Waals surface area (Å²) in [7, 11) is 0. The molecule has 0 aromatic heterocycles. The van der Waals surface area contributed by atoms with E-state index in [-0.39, 0.29) is 5.97 Å². The molecule has 0 aliphatic carbocycles. The lowest BCUT2D eigenvalue weighted by molar-refractivity contribution is -0.929. The zero-order chi connectivity index (χ0) is 20.5. The van der Waals surface area contributed by atoms with E-state index in [0.29, 0.717) is 0 Å². The molecular formula is C23H48NO2+. The van der Waals surface area contributed by atoms with Crippen molar-refractivity contribution in [2.24, 2.45) is 0 Å². The summed E-state index contributed by atoms with van der Waals surface area (Å²) in [4.78, 5) is 10.5. The predicted octanol–water partition coefficient (Wildman–Crippen LogP) is 6.52. The van der Waals surface area contributed by atoms with Crippen molar-refractivity contribution in [1.82, 2.24) is 0 Å². The summed E-state index contributed by atoms with van der Waals surface area (Å²) >= 11 is 0. The van der Waals surface area contributed by atoms with Gasteiger partial charge >= 0.3 is 5.97 Å². The van der Waals surface area contributed by atoms with Crippen LogP contribution in [0.2, 0.25) is 0 Å². The van der Waals surface area contributed by atoms with Crippen LogP contribution in [-0.4, -0.2) is 42.2 Å². The third kappa shape index (κ3) is 16.6. The normalized spacial score (nSPS) is 11.5. The first-order chi connectivity index (χ1) is 12.2. The van der Waals surface area contributed by atoms with Gasteiger partial charge in [0.2, 0.25) is 0 Å². The van der Waals surface area contributed by atoms with Crippen molar-refractivity contribution < 1.29 is 14.0 Å². The maximum atomic E-state index is 10.5. The maximum absolute atomic E-state index is 10.5. The molecule has 3 nitrogen and oxygen atoms in total. The SMILES string of the molecule is C=CC(=O)OC(C)(C)C.CCCC[N+](CCCC)(CCCC)CCCC. The van der Waals surface area contributed by atoms with E-state index in [0.717, 1.165) is 6.08 Å². The minimum Gasteiger partial charge on any atom is -0.457 e. The van der Waals surface area contributed by atoms with Crippen LogP contribution in [0.4, 0.5) is 0 Å². The summed E-state index contributed by atoms with van der Waals surface area (Å²) < 4.78 is 6.25. The highest BCUT2D eigenvalue weighted by atomic mass is 16.6. The first-order valence-electron chi connectivity index (χ1n) is 10.9. The van der Waals surface area contributed by atoms with Gasteiger partial charge in [0, 0.05) is 6.08 Å². The lowest BCUT2D eigenvalue weighted by atomic mass is 10.1. The summed E-state index contributed by atoms with van der Waals surface area (Å²) in [6.07, 6.45) is 12.2. The minimum absolute atomic E-state index is 0.373. The summed E-state index contributed by atoms with van der Waals surface area (Å²) in [5.74, 6) is -0.373.